The van der Waals surface area contributed by atoms with Gasteiger partial charge in [0.2, 0.25) is 0 Å². The van der Waals surface area contributed by atoms with Gasteiger partial charge in [-0.05, 0) is 0 Å². The number of rotatable bonds is 0. The molecule has 2 rings (SSSR count). The summed E-state index contributed by atoms with van der Waals surface area (Å²) >= 11 is 0. The fourth-order valence-electron chi connectivity index (χ4n) is 0.908. The molecule has 0 atom stereocenters. The topological polar surface area (TPSA) is 83.5 Å². The predicted molar refractivity (Wildman–Crippen MR) is 37.5 cm³/mol. The third-order valence-corrected chi connectivity index (χ3v) is 1.43. The van der Waals surface area contributed by atoms with Gasteiger partial charge in [-0.25, -0.2) is 9.78 Å². The largest absolute Gasteiger partial charge is 0.358 e. The van der Waals surface area contributed by atoms with Crippen molar-refractivity contribution in [3.8, 4) is 0 Å². The Morgan fingerprint density at radius 3 is 3.00 bits per heavy atom. The summed E-state index contributed by atoms with van der Waals surface area (Å²) in [5.41, 5.74) is -2.16. The molecule has 0 aliphatic rings. The molecule has 0 saturated carbocycles. The molecule has 0 unspecified atom stereocenters. The molecule has 0 saturated heterocycles. The summed E-state index contributed by atoms with van der Waals surface area (Å²) in [5.74, 6) is 0. The van der Waals surface area contributed by atoms with Crippen molar-refractivity contribution >= 4 is 11.2 Å². The highest BCUT2D eigenvalue weighted by Crippen LogP contribution is 1.98. The second kappa shape index (κ2) is 2.03. The number of fused-ring (bicyclic) bond motifs is 1. The van der Waals surface area contributed by atoms with Crippen molar-refractivity contribution in [2.75, 3.05) is 0 Å². The number of halogens is 1. The van der Waals surface area contributed by atoms with E-state index in [1.54, 1.807) is 4.98 Å². The number of hydrogen-bond donors (Lipinski definition) is 2. The van der Waals surface area contributed by atoms with E-state index in [2.05, 4.69) is 9.97 Å². The van der Waals surface area contributed by atoms with E-state index in [0.29, 0.717) is 0 Å². The molecule has 0 amide bonds. The first-order chi connectivity index (χ1) is 5.70. The van der Waals surface area contributed by atoms with E-state index in [9.17, 15) is 14.1 Å². The Morgan fingerprint density at radius 1 is 1.50 bits per heavy atom. The van der Waals surface area contributed by atoms with Crippen LogP contribution < -0.4 is 11.2 Å². The molecular formula is C5H3FN4O2. The third-order valence-electron chi connectivity index (χ3n) is 1.43. The summed E-state index contributed by atoms with van der Waals surface area (Å²) in [6, 6.07) is 0. The fourth-order valence-corrected chi connectivity index (χ4v) is 0.908. The zero-order valence-corrected chi connectivity index (χ0v) is 5.67. The lowest BCUT2D eigenvalue weighted by Gasteiger charge is -1.89. The SMILES string of the molecule is O=c1[nH]c(=O)n(F)c2nc[nH]c12. The van der Waals surface area contributed by atoms with Crippen LogP contribution in [0.2, 0.25) is 0 Å². The Balaban J connectivity index is 3.18. The monoisotopic (exact) mass is 170 g/mol. The van der Waals surface area contributed by atoms with Gasteiger partial charge in [0, 0.05) is 0 Å². The van der Waals surface area contributed by atoms with Gasteiger partial charge >= 0.3 is 5.69 Å². The van der Waals surface area contributed by atoms with Crippen LogP contribution in [0.4, 0.5) is 4.48 Å². The molecule has 0 spiro atoms. The second-order valence-corrected chi connectivity index (χ2v) is 2.14. The standard InChI is InChI=1S/C5H3FN4O2/c6-10-3-2(7-1-8-3)4(11)9-5(10)12/h1H,(H,7,8)(H,9,11,12). The Hall–Kier alpha value is -1.92. The lowest BCUT2D eigenvalue weighted by atomic mass is 10.5. The minimum atomic E-state index is -1.13. The highest BCUT2D eigenvalue weighted by Gasteiger charge is 2.07. The molecule has 0 aromatic carbocycles. The maximum atomic E-state index is 12.8. The third kappa shape index (κ3) is 0.698. The molecule has 0 aliphatic heterocycles. The molecule has 0 radical (unpaired) electrons. The van der Waals surface area contributed by atoms with Gasteiger partial charge in [0.25, 0.3) is 5.56 Å². The molecule has 2 aromatic heterocycles. The first-order valence-corrected chi connectivity index (χ1v) is 3.04. The van der Waals surface area contributed by atoms with Crippen molar-refractivity contribution in [2.45, 2.75) is 0 Å². The summed E-state index contributed by atoms with van der Waals surface area (Å²) in [7, 11) is 0. The van der Waals surface area contributed by atoms with E-state index in [1.165, 1.54) is 0 Å². The molecular weight excluding hydrogens is 167 g/mol. The van der Waals surface area contributed by atoms with Gasteiger partial charge in [0.05, 0.1) is 6.33 Å². The molecule has 2 aromatic rings. The van der Waals surface area contributed by atoms with E-state index in [0.717, 1.165) is 6.33 Å². The van der Waals surface area contributed by atoms with Gasteiger partial charge in [-0.1, -0.05) is 4.48 Å². The van der Waals surface area contributed by atoms with Crippen molar-refractivity contribution < 1.29 is 4.48 Å². The Morgan fingerprint density at radius 2 is 2.25 bits per heavy atom. The lowest BCUT2D eigenvalue weighted by molar-refractivity contribution is 0.359. The minimum absolute atomic E-state index is 0.0582. The van der Waals surface area contributed by atoms with Gasteiger partial charge in [0.15, 0.2) is 11.2 Å². The van der Waals surface area contributed by atoms with Crippen LogP contribution in [0, 0.1) is 0 Å². The van der Waals surface area contributed by atoms with Crippen LogP contribution in [-0.4, -0.2) is 19.7 Å². The summed E-state index contributed by atoms with van der Waals surface area (Å²) in [6.07, 6.45) is 1.13. The molecule has 0 bridgehead atoms. The molecule has 2 heterocycles. The number of aromatic amines is 2. The highest BCUT2D eigenvalue weighted by molar-refractivity contribution is 5.67. The maximum absolute atomic E-state index is 12.8. The maximum Gasteiger partial charge on any atom is 0.358 e. The molecule has 2 N–H and O–H groups in total. The van der Waals surface area contributed by atoms with Crippen LogP contribution in [0.3, 0.4) is 0 Å². The van der Waals surface area contributed by atoms with Crippen LogP contribution in [0.5, 0.6) is 0 Å². The normalized spacial score (nSPS) is 10.8. The molecule has 7 heteroatoms. The van der Waals surface area contributed by atoms with Gasteiger partial charge in [0.1, 0.15) is 0 Å². The smallest absolute Gasteiger partial charge is 0.339 e. The van der Waals surface area contributed by atoms with Crippen molar-refractivity contribution in [2.24, 2.45) is 0 Å². The summed E-state index contributed by atoms with van der Waals surface area (Å²) in [6.45, 7) is 0. The lowest BCUT2D eigenvalue weighted by Crippen LogP contribution is -2.26. The first kappa shape index (κ1) is 6.77. The average Bonchev–Trinajstić information content (AvgIpc) is 2.48. The van der Waals surface area contributed by atoms with E-state index in [4.69, 9.17) is 0 Å². The number of nitrogens with zero attached hydrogens (tertiary/aromatic N) is 2. The summed E-state index contributed by atoms with van der Waals surface area (Å²) in [4.78, 5) is 28.9. The first-order valence-electron chi connectivity index (χ1n) is 3.04. The van der Waals surface area contributed by atoms with Gasteiger partial charge < -0.3 is 4.98 Å². The fraction of sp³-hybridized carbons (Fsp3) is 0. The van der Waals surface area contributed by atoms with Crippen molar-refractivity contribution in [3.05, 3.63) is 27.2 Å². The van der Waals surface area contributed by atoms with E-state index >= 15 is 0 Å². The van der Waals surface area contributed by atoms with E-state index in [1.807, 2.05) is 0 Å². The van der Waals surface area contributed by atoms with E-state index in [-0.39, 0.29) is 16.0 Å². The van der Waals surface area contributed by atoms with Crippen LogP contribution in [0.1, 0.15) is 0 Å². The Kier molecular flexibility index (Phi) is 1.15. The Bertz CT molecular complexity index is 536. The number of hydrogen-bond acceptors (Lipinski definition) is 3. The summed E-state index contributed by atoms with van der Waals surface area (Å²) < 4.78 is 12.8. The quantitative estimate of drug-likeness (QED) is 0.539. The Labute approximate surface area is 63.6 Å². The second-order valence-electron chi connectivity index (χ2n) is 2.14. The average molecular weight is 170 g/mol. The highest BCUT2D eigenvalue weighted by atomic mass is 19.2. The van der Waals surface area contributed by atoms with Gasteiger partial charge in [-0.15, -0.1) is 4.79 Å². The minimum Gasteiger partial charge on any atom is -0.339 e. The molecule has 12 heavy (non-hydrogen) atoms. The number of imidazole rings is 1. The van der Waals surface area contributed by atoms with Crippen LogP contribution in [0.15, 0.2) is 15.9 Å². The summed E-state index contributed by atoms with van der Waals surface area (Å²) in [5, 5.41) is 0. The van der Waals surface area contributed by atoms with Crippen LogP contribution in [0.25, 0.3) is 11.2 Å². The van der Waals surface area contributed by atoms with Crippen molar-refractivity contribution in [1.29, 1.82) is 0 Å². The van der Waals surface area contributed by atoms with Crippen molar-refractivity contribution in [1.82, 2.24) is 19.7 Å². The van der Waals surface area contributed by atoms with Gasteiger partial charge in [-0.3, -0.25) is 9.78 Å². The van der Waals surface area contributed by atoms with Crippen molar-refractivity contribution in [3.63, 3.8) is 0 Å². The van der Waals surface area contributed by atoms with E-state index < -0.39 is 11.2 Å². The predicted octanol–water partition coefficient (Wildman–Crippen LogP) is -0.855. The molecule has 6 nitrogen and oxygen atoms in total. The molecule has 62 valence electrons. The van der Waals surface area contributed by atoms with Crippen LogP contribution >= 0.6 is 0 Å². The number of H-pyrrole nitrogens is 2. The zero-order chi connectivity index (χ0) is 8.72. The molecule has 0 fully saturated rings. The number of nitrogens with one attached hydrogen (secondary N) is 2. The van der Waals surface area contributed by atoms with Gasteiger partial charge in [-0.2, -0.15) is 0 Å². The van der Waals surface area contributed by atoms with Crippen LogP contribution in [-0.2, 0) is 0 Å². The number of aromatic nitrogens is 4. The molecule has 0 aliphatic carbocycles. The zero-order valence-electron chi connectivity index (χ0n) is 5.67.